The number of likely N-dealkylation sites (tertiary alicyclic amines) is 1. The van der Waals surface area contributed by atoms with Crippen molar-refractivity contribution in [2.45, 2.75) is 37.8 Å². The Hall–Kier alpha value is -3.00. The molecule has 0 spiro atoms. The number of aliphatic hydroxyl groups is 1. The number of benzene rings is 2. The molecular weight excluding hydrogens is 448 g/mol. The zero-order valence-electron chi connectivity index (χ0n) is 21.4. The Morgan fingerprint density at radius 1 is 1.00 bits per heavy atom. The number of nitrogens with zero attached hydrogens (tertiary/aromatic N) is 4. The van der Waals surface area contributed by atoms with Crippen molar-refractivity contribution in [2.75, 3.05) is 45.6 Å². The lowest BCUT2D eigenvalue weighted by Crippen LogP contribution is -2.40. The molecule has 3 N–H and O–H groups in total. The van der Waals surface area contributed by atoms with Gasteiger partial charge in [-0.2, -0.15) is 0 Å². The normalized spacial score (nSPS) is 21.8. The summed E-state index contributed by atoms with van der Waals surface area (Å²) < 4.78 is 2.14. The molecule has 1 saturated heterocycles. The summed E-state index contributed by atoms with van der Waals surface area (Å²) in [5.74, 6) is 1.43. The van der Waals surface area contributed by atoms with E-state index in [0.717, 1.165) is 49.2 Å². The summed E-state index contributed by atoms with van der Waals surface area (Å²) >= 11 is 0. The Morgan fingerprint density at radius 2 is 1.83 bits per heavy atom. The summed E-state index contributed by atoms with van der Waals surface area (Å²) in [6.45, 7) is 4.62. The van der Waals surface area contributed by atoms with Crippen molar-refractivity contribution in [3.05, 3.63) is 66.6 Å². The first-order valence-corrected chi connectivity index (χ1v) is 13.2. The van der Waals surface area contributed by atoms with Crippen molar-refractivity contribution in [3.63, 3.8) is 0 Å². The summed E-state index contributed by atoms with van der Waals surface area (Å²) in [6.07, 6.45) is 7.69. The Morgan fingerprint density at radius 3 is 2.58 bits per heavy atom. The van der Waals surface area contributed by atoms with Gasteiger partial charge in [-0.3, -0.25) is 0 Å². The van der Waals surface area contributed by atoms with E-state index in [4.69, 9.17) is 0 Å². The van der Waals surface area contributed by atoms with Gasteiger partial charge < -0.3 is 25.2 Å². The van der Waals surface area contributed by atoms with Gasteiger partial charge in [0.2, 0.25) is 0 Å². The molecular formula is C29H38N6O. The van der Waals surface area contributed by atoms with Gasteiger partial charge in [0, 0.05) is 19.8 Å². The van der Waals surface area contributed by atoms with Crippen molar-refractivity contribution in [1.82, 2.24) is 24.8 Å². The highest BCUT2D eigenvalue weighted by molar-refractivity contribution is 5.87. The fraction of sp³-hybridized carbons (Fsp3) is 0.448. The molecule has 2 fully saturated rings. The summed E-state index contributed by atoms with van der Waals surface area (Å²) in [4.78, 5) is 11.2. The van der Waals surface area contributed by atoms with Gasteiger partial charge in [0.15, 0.2) is 0 Å². The highest BCUT2D eigenvalue weighted by Gasteiger charge is 2.36. The van der Waals surface area contributed by atoms with Gasteiger partial charge in [0.05, 0.1) is 17.5 Å². The molecule has 2 aliphatic rings. The van der Waals surface area contributed by atoms with Gasteiger partial charge in [-0.25, -0.2) is 9.97 Å². The SMILES string of the molecule is CNCCc1ccc2ccccc2c1.CNc1ncnc2c1ccn2C1CC(CN2CCC2)C[C@H]1O. The lowest BCUT2D eigenvalue weighted by Gasteiger charge is -2.33. The fourth-order valence-electron chi connectivity index (χ4n) is 5.57. The highest BCUT2D eigenvalue weighted by Crippen LogP contribution is 2.38. The predicted octanol–water partition coefficient (Wildman–Crippen LogP) is 4.09. The van der Waals surface area contributed by atoms with Crippen molar-refractivity contribution in [3.8, 4) is 0 Å². The molecule has 7 heteroatoms. The van der Waals surface area contributed by atoms with Gasteiger partial charge in [-0.05, 0) is 80.7 Å². The Labute approximate surface area is 213 Å². The summed E-state index contributed by atoms with van der Waals surface area (Å²) in [5, 5.41) is 20.5. The summed E-state index contributed by atoms with van der Waals surface area (Å²) in [6, 6.07) is 17.3. The fourth-order valence-corrected chi connectivity index (χ4v) is 5.57. The van der Waals surface area contributed by atoms with Crippen LogP contribution in [0.3, 0.4) is 0 Å². The molecule has 0 radical (unpaired) electrons. The number of hydrogen-bond donors (Lipinski definition) is 3. The number of aliphatic hydroxyl groups excluding tert-OH is 1. The molecule has 0 bridgehead atoms. The summed E-state index contributed by atoms with van der Waals surface area (Å²) in [5.41, 5.74) is 2.31. The lowest BCUT2D eigenvalue weighted by atomic mass is 10.0. The molecule has 36 heavy (non-hydrogen) atoms. The minimum atomic E-state index is -0.283. The zero-order valence-corrected chi connectivity index (χ0v) is 21.4. The van der Waals surface area contributed by atoms with Crippen LogP contribution in [0.1, 0.15) is 30.9 Å². The van der Waals surface area contributed by atoms with Crippen LogP contribution in [-0.4, -0.2) is 70.9 Å². The average Bonchev–Trinajstić information content (AvgIpc) is 3.48. The van der Waals surface area contributed by atoms with Crippen LogP contribution in [0, 0.1) is 5.92 Å². The monoisotopic (exact) mass is 486 g/mol. The Bertz CT molecular complexity index is 1280. The van der Waals surface area contributed by atoms with Gasteiger partial charge in [-0.1, -0.05) is 42.5 Å². The maximum atomic E-state index is 10.5. The number of fused-ring (bicyclic) bond motifs is 2. The van der Waals surface area contributed by atoms with E-state index in [1.807, 2.05) is 26.4 Å². The van der Waals surface area contributed by atoms with Crippen LogP contribution in [0.4, 0.5) is 5.82 Å². The second kappa shape index (κ2) is 11.4. The number of anilines is 1. The number of likely N-dealkylation sites (N-methyl/N-ethyl adjacent to an activating group) is 1. The summed E-state index contributed by atoms with van der Waals surface area (Å²) in [7, 11) is 3.85. The highest BCUT2D eigenvalue weighted by atomic mass is 16.3. The molecule has 1 aliphatic heterocycles. The molecule has 190 valence electrons. The minimum Gasteiger partial charge on any atom is -0.391 e. The van der Waals surface area contributed by atoms with E-state index in [2.05, 4.69) is 72.5 Å². The van der Waals surface area contributed by atoms with Crippen molar-refractivity contribution >= 4 is 27.6 Å². The third-order valence-corrected chi connectivity index (χ3v) is 7.64. The topological polar surface area (TPSA) is 78.2 Å². The van der Waals surface area contributed by atoms with Gasteiger partial charge in [0.1, 0.15) is 17.8 Å². The van der Waals surface area contributed by atoms with Gasteiger partial charge in [-0.15, -0.1) is 0 Å². The standard InChI is InChI=1S/C16H23N5O.C13H15N/c1-17-15-12-3-6-21(16(12)19-10-18-15)13-7-11(8-14(13)22)9-20-4-2-5-20;1-14-9-8-11-6-7-12-4-2-3-5-13(12)10-11/h3,6,10-11,13-14,22H,2,4-5,7-9H2,1H3,(H,17,18,19);2-7,10,14H,8-9H2,1H3/t11?,13?,14-;/m1./s1. The maximum absolute atomic E-state index is 10.5. The smallest absolute Gasteiger partial charge is 0.145 e. The molecule has 3 atom stereocenters. The quantitative estimate of drug-likeness (QED) is 0.365. The molecule has 2 unspecified atom stereocenters. The Balaban J connectivity index is 0.000000165. The van der Waals surface area contributed by atoms with Gasteiger partial charge in [0.25, 0.3) is 0 Å². The Kier molecular flexibility index (Phi) is 7.80. The molecule has 6 rings (SSSR count). The number of rotatable bonds is 7. The van der Waals surface area contributed by atoms with E-state index < -0.39 is 0 Å². The molecule has 3 heterocycles. The second-order valence-electron chi connectivity index (χ2n) is 10.1. The van der Waals surface area contributed by atoms with Crippen molar-refractivity contribution < 1.29 is 5.11 Å². The van der Waals surface area contributed by atoms with E-state index in [0.29, 0.717) is 5.92 Å². The third kappa shape index (κ3) is 5.38. The minimum absolute atomic E-state index is 0.128. The second-order valence-corrected chi connectivity index (χ2v) is 10.1. The first-order chi connectivity index (χ1) is 17.7. The molecule has 0 amide bonds. The third-order valence-electron chi connectivity index (χ3n) is 7.64. The predicted molar refractivity (Wildman–Crippen MR) is 147 cm³/mol. The molecule has 2 aromatic heterocycles. The van der Waals surface area contributed by atoms with Crippen molar-refractivity contribution in [1.29, 1.82) is 0 Å². The number of hydrogen-bond acceptors (Lipinski definition) is 6. The number of aromatic nitrogens is 3. The van der Waals surface area contributed by atoms with E-state index in [9.17, 15) is 5.11 Å². The largest absolute Gasteiger partial charge is 0.391 e. The maximum Gasteiger partial charge on any atom is 0.145 e. The van der Waals surface area contributed by atoms with Gasteiger partial charge >= 0.3 is 0 Å². The molecule has 1 aliphatic carbocycles. The van der Waals surface area contributed by atoms with Crippen LogP contribution >= 0.6 is 0 Å². The van der Waals surface area contributed by atoms with E-state index >= 15 is 0 Å². The molecule has 4 aromatic rings. The van der Waals surface area contributed by atoms with E-state index in [1.54, 1.807) is 6.33 Å². The molecule has 7 nitrogen and oxygen atoms in total. The van der Waals surface area contributed by atoms with Crippen LogP contribution in [0.15, 0.2) is 61.1 Å². The van der Waals surface area contributed by atoms with E-state index in [1.165, 1.54) is 35.8 Å². The van der Waals surface area contributed by atoms with Crippen LogP contribution in [-0.2, 0) is 6.42 Å². The molecule has 1 saturated carbocycles. The first kappa shape index (κ1) is 24.7. The van der Waals surface area contributed by atoms with Crippen LogP contribution in [0.25, 0.3) is 21.8 Å². The molecule has 2 aromatic carbocycles. The zero-order chi connectivity index (χ0) is 24.9. The average molecular weight is 487 g/mol. The van der Waals surface area contributed by atoms with Crippen LogP contribution in [0.5, 0.6) is 0 Å². The van der Waals surface area contributed by atoms with E-state index in [-0.39, 0.29) is 12.1 Å². The lowest BCUT2D eigenvalue weighted by molar-refractivity contribution is 0.126. The first-order valence-electron chi connectivity index (χ1n) is 13.2. The number of nitrogens with one attached hydrogen (secondary N) is 2. The van der Waals surface area contributed by atoms with Crippen molar-refractivity contribution in [2.24, 2.45) is 5.92 Å². The van der Waals surface area contributed by atoms with Crippen LogP contribution in [0.2, 0.25) is 0 Å². The van der Waals surface area contributed by atoms with Crippen LogP contribution < -0.4 is 10.6 Å².